The summed E-state index contributed by atoms with van der Waals surface area (Å²) in [5.41, 5.74) is 3.51. The molecule has 8 heteroatoms. The number of nitrogens with zero attached hydrogens (tertiary/aromatic N) is 2. The quantitative estimate of drug-likeness (QED) is 0.555. The van der Waals surface area contributed by atoms with E-state index in [0.717, 1.165) is 10.4 Å². The third-order valence-electron chi connectivity index (χ3n) is 3.67. The first-order valence-electron chi connectivity index (χ1n) is 7.50. The summed E-state index contributed by atoms with van der Waals surface area (Å²) in [7, 11) is 0. The Balaban J connectivity index is 1.71. The van der Waals surface area contributed by atoms with Gasteiger partial charge in [0.1, 0.15) is 16.5 Å². The topological polar surface area (TPSA) is 87.2 Å². The maximum Gasteiger partial charge on any atom is 0.259 e. The second-order valence-corrected chi connectivity index (χ2v) is 6.70. The van der Waals surface area contributed by atoms with Gasteiger partial charge in [-0.2, -0.15) is 5.10 Å². The number of amides is 1. The van der Waals surface area contributed by atoms with Crippen LogP contribution in [0.4, 0.5) is 4.39 Å². The summed E-state index contributed by atoms with van der Waals surface area (Å²) < 4.78 is 13.0. The monoisotopic (exact) mass is 358 g/mol. The second kappa shape index (κ2) is 6.94. The molecule has 0 aliphatic heterocycles. The highest BCUT2D eigenvalue weighted by Crippen LogP contribution is 2.25. The average molecular weight is 358 g/mol. The van der Waals surface area contributed by atoms with Crippen molar-refractivity contribution in [3.63, 3.8) is 0 Å². The predicted octanol–water partition coefficient (Wildman–Crippen LogP) is 2.43. The number of rotatable bonds is 4. The minimum Gasteiger partial charge on any atom is -0.309 e. The number of nitrogens with one attached hydrogen (secondary N) is 2. The van der Waals surface area contributed by atoms with Gasteiger partial charge in [-0.3, -0.25) is 9.59 Å². The molecule has 6 nitrogen and oxygen atoms in total. The van der Waals surface area contributed by atoms with Crippen molar-refractivity contribution in [3.8, 4) is 0 Å². The van der Waals surface area contributed by atoms with Crippen LogP contribution in [0.2, 0.25) is 0 Å². The summed E-state index contributed by atoms with van der Waals surface area (Å²) in [6.45, 7) is 3.80. The lowest BCUT2D eigenvalue weighted by Crippen LogP contribution is -2.23. The molecular formula is C17H15FN4O2S. The molecule has 2 aromatic heterocycles. The molecule has 3 aromatic rings. The van der Waals surface area contributed by atoms with Crippen molar-refractivity contribution in [2.75, 3.05) is 0 Å². The molecule has 0 spiro atoms. The van der Waals surface area contributed by atoms with E-state index in [1.54, 1.807) is 12.1 Å². The van der Waals surface area contributed by atoms with Gasteiger partial charge in [0, 0.05) is 4.88 Å². The molecule has 0 aliphatic rings. The molecule has 1 aromatic carbocycles. The van der Waals surface area contributed by atoms with Gasteiger partial charge in [-0.1, -0.05) is 12.1 Å². The van der Waals surface area contributed by atoms with Crippen molar-refractivity contribution in [3.05, 3.63) is 62.3 Å². The third-order valence-corrected chi connectivity index (χ3v) is 4.77. The van der Waals surface area contributed by atoms with Crippen LogP contribution in [-0.2, 0) is 11.2 Å². The lowest BCUT2D eigenvalue weighted by atomic mass is 10.2. The van der Waals surface area contributed by atoms with Crippen molar-refractivity contribution in [1.29, 1.82) is 0 Å². The number of aryl methyl sites for hydroxylation is 2. The molecule has 2 N–H and O–H groups in total. The molecule has 0 atom stereocenters. The van der Waals surface area contributed by atoms with E-state index >= 15 is 0 Å². The zero-order valence-corrected chi connectivity index (χ0v) is 14.4. The summed E-state index contributed by atoms with van der Waals surface area (Å²) in [6, 6.07) is 5.83. The molecule has 1 amide bonds. The van der Waals surface area contributed by atoms with E-state index in [9.17, 15) is 14.0 Å². The molecule has 3 rings (SSSR count). The number of hydrazone groups is 1. The lowest BCUT2D eigenvalue weighted by Gasteiger charge is -2.01. The van der Waals surface area contributed by atoms with Crippen LogP contribution in [-0.4, -0.2) is 22.1 Å². The minimum absolute atomic E-state index is 0.109. The Morgan fingerprint density at radius 2 is 2.24 bits per heavy atom. The minimum atomic E-state index is -0.430. The van der Waals surface area contributed by atoms with Crippen LogP contribution in [0, 0.1) is 19.7 Å². The third kappa shape index (κ3) is 3.80. The molecular weight excluding hydrogens is 343 g/mol. The smallest absolute Gasteiger partial charge is 0.259 e. The Morgan fingerprint density at radius 3 is 3.00 bits per heavy atom. The van der Waals surface area contributed by atoms with Crippen LogP contribution in [0.1, 0.15) is 21.8 Å². The molecule has 0 unspecified atom stereocenters. The summed E-state index contributed by atoms with van der Waals surface area (Å²) in [5, 5.41) is 4.34. The standard InChI is InChI=1S/C17H15FN4O2S/c1-9-10(2)25-17-15(9)16(24)20-13(21-17)7-14(23)22-19-8-11-4-3-5-12(18)6-11/h3-6,8H,7H2,1-2H3,(H,22,23)(H,20,21,24)/b19-8+. The van der Waals surface area contributed by atoms with Crippen molar-refractivity contribution >= 4 is 33.7 Å². The Hall–Kier alpha value is -2.87. The highest BCUT2D eigenvalue weighted by Gasteiger charge is 2.13. The fourth-order valence-electron chi connectivity index (χ4n) is 2.34. The number of hydrogen-bond donors (Lipinski definition) is 2. The molecule has 0 bridgehead atoms. The Labute approximate surface area is 146 Å². The van der Waals surface area contributed by atoms with Gasteiger partial charge in [-0.25, -0.2) is 14.8 Å². The molecule has 0 saturated heterocycles. The van der Waals surface area contributed by atoms with E-state index in [0.29, 0.717) is 15.8 Å². The zero-order chi connectivity index (χ0) is 18.0. The van der Waals surface area contributed by atoms with E-state index in [4.69, 9.17) is 0 Å². The van der Waals surface area contributed by atoms with Gasteiger partial charge in [0.2, 0.25) is 5.91 Å². The summed E-state index contributed by atoms with van der Waals surface area (Å²) in [4.78, 5) is 32.7. The summed E-state index contributed by atoms with van der Waals surface area (Å²) in [6.07, 6.45) is 1.23. The number of benzene rings is 1. The van der Waals surface area contributed by atoms with Crippen LogP contribution >= 0.6 is 11.3 Å². The number of carbonyl (C=O) groups is 1. The van der Waals surface area contributed by atoms with Crippen molar-refractivity contribution in [1.82, 2.24) is 15.4 Å². The number of H-pyrrole nitrogens is 1. The first kappa shape index (κ1) is 17.0. The largest absolute Gasteiger partial charge is 0.309 e. The Bertz CT molecular complexity index is 1040. The maximum atomic E-state index is 13.0. The number of halogens is 1. The van der Waals surface area contributed by atoms with Crippen LogP contribution in [0.3, 0.4) is 0 Å². The van der Waals surface area contributed by atoms with Gasteiger partial charge in [0.25, 0.3) is 5.56 Å². The maximum absolute atomic E-state index is 13.0. The fourth-order valence-corrected chi connectivity index (χ4v) is 3.39. The van der Waals surface area contributed by atoms with Crippen LogP contribution in [0.25, 0.3) is 10.2 Å². The van der Waals surface area contributed by atoms with Gasteiger partial charge in [0.15, 0.2) is 0 Å². The lowest BCUT2D eigenvalue weighted by molar-refractivity contribution is -0.120. The number of hydrogen-bond acceptors (Lipinski definition) is 5. The number of thiophene rings is 1. The van der Waals surface area contributed by atoms with E-state index in [1.165, 1.54) is 29.7 Å². The molecule has 0 fully saturated rings. The molecule has 0 saturated carbocycles. The van der Waals surface area contributed by atoms with Gasteiger partial charge >= 0.3 is 0 Å². The first-order chi connectivity index (χ1) is 11.9. The zero-order valence-electron chi connectivity index (χ0n) is 13.6. The molecule has 0 aliphatic carbocycles. The predicted molar refractivity (Wildman–Crippen MR) is 95.6 cm³/mol. The Morgan fingerprint density at radius 1 is 1.44 bits per heavy atom. The van der Waals surface area contributed by atoms with Crippen LogP contribution in [0.5, 0.6) is 0 Å². The molecule has 2 heterocycles. The first-order valence-corrected chi connectivity index (χ1v) is 8.32. The number of fused-ring (bicyclic) bond motifs is 1. The number of carbonyl (C=O) groups excluding carboxylic acids is 1. The van der Waals surface area contributed by atoms with Crippen molar-refractivity contribution in [2.45, 2.75) is 20.3 Å². The van der Waals surface area contributed by atoms with E-state index in [1.807, 2.05) is 13.8 Å². The fraction of sp³-hybridized carbons (Fsp3) is 0.176. The summed E-state index contributed by atoms with van der Waals surface area (Å²) in [5.74, 6) is -0.538. The summed E-state index contributed by atoms with van der Waals surface area (Å²) >= 11 is 1.42. The Kier molecular flexibility index (Phi) is 4.71. The van der Waals surface area contributed by atoms with Gasteiger partial charge in [0.05, 0.1) is 18.0 Å². The van der Waals surface area contributed by atoms with Crippen molar-refractivity contribution < 1.29 is 9.18 Å². The van der Waals surface area contributed by atoms with Crippen molar-refractivity contribution in [2.24, 2.45) is 5.10 Å². The number of aromatic amines is 1. The molecule has 128 valence electrons. The van der Waals surface area contributed by atoms with Gasteiger partial charge in [-0.05, 0) is 37.1 Å². The van der Waals surface area contributed by atoms with E-state index in [-0.39, 0.29) is 23.6 Å². The second-order valence-electron chi connectivity index (χ2n) is 5.50. The van der Waals surface area contributed by atoms with Crippen LogP contribution in [0.15, 0.2) is 34.2 Å². The SMILES string of the molecule is Cc1sc2nc(CC(=O)N/N=C/c3cccc(F)c3)[nH]c(=O)c2c1C. The average Bonchev–Trinajstić information content (AvgIpc) is 2.82. The van der Waals surface area contributed by atoms with Gasteiger partial charge in [-0.15, -0.1) is 11.3 Å². The van der Waals surface area contributed by atoms with Crippen LogP contribution < -0.4 is 11.0 Å². The molecule has 25 heavy (non-hydrogen) atoms. The van der Waals surface area contributed by atoms with E-state index in [2.05, 4.69) is 20.5 Å². The highest BCUT2D eigenvalue weighted by atomic mass is 32.1. The van der Waals surface area contributed by atoms with E-state index < -0.39 is 5.91 Å². The number of aromatic nitrogens is 2. The highest BCUT2D eigenvalue weighted by molar-refractivity contribution is 7.18. The normalized spacial score (nSPS) is 11.3. The molecule has 0 radical (unpaired) electrons. The van der Waals surface area contributed by atoms with Gasteiger partial charge < -0.3 is 4.98 Å².